The Balaban J connectivity index is 2.02. The quantitative estimate of drug-likeness (QED) is 0.645. The first-order chi connectivity index (χ1) is 10.1. The Morgan fingerprint density at radius 2 is 2.10 bits per heavy atom. The number of non-ortho nitro benzene ring substituents is 1. The second-order valence-corrected chi connectivity index (χ2v) is 5.75. The Bertz CT molecular complexity index is 472. The molecule has 2 rings (SSSR count). The van der Waals surface area contributed by atoms with Crippen molar-refractivity contribution in [3.63, 3.8) is 0 Å². The fourth-order valence-electron chi connectivity index (χ4n) is 3.16. The molecule has 1 aliphatic carbocycles. The molecule has 5 nitrogen and oxygen atoms in total. The number of hydrogen-bond acceptors (Lipinski definition) is 4. The zero-order valence-corrected chi connectivity index (χ0v) is 12.6. The van der Waals surface area contributed by atoms with Crippen LogP contribution in [0.25, 0.3) is 0 Å². The molecule has 0 amide bonds. The van der Waals surface area contributed by atoms with Gasteiger partial charge in [0, 0.05) is 24.7 Å². The minimum Gasteiger partial charge on any atom is -0.387 e. The second kappa shape index (κ2) is 7.52. The van der Waals surface area contributed by atoms with Crippen molar-refractivity contribution in [2.24, 2.45) is 0 Å². The van der Waals surface area contributed by atoms with E-state index in [4.69, 9.17) is 0 Å². The number of benzene rings is 1. The summed E-state index contributed by atoms with van der Waals surface area (Å²) in [6.45, 7) is 3.55. The fraction of sp³-hybridized carbons (Fsp3) is 0.625. The van der Waals surface area contributed by atoms with Crippen LogP contribution in [0.2, 0.25) is 0 Å². The molecule has 1 fully saturated rings. The molecular weight excluding hydrogens is 268 g/mol. The van der Waals surface area contributed by atoms with Crippen molar-refractivity contribution in [2.75, 3.05) is 13.1 Å². The van der Waals surface area contributed by atoms with Gasteiger partial charge in [0.15, 0.2) is 0 Å². The van der Waals surface area contributed by atoms with E-state index in [0.29, 0.717) is 18.2 Å². The van der Waals surface area contributed by atoms with E-state index in [9.17, 15) is 15.2 Å². The highest BCUT2D eigenvalue weighted by Crippen LogP contribution is 2.25. The van der Waals surface area contributed by atoms with Gasteiger partial charge in [0.1, 0.15) is 0 Å². The summed E-state index contributed by atoms with van der Waals surface area (Å²) in [5.74, 6) is 0. The van der Waals surface area contributed by atoms with E-state index in [0.717, 1.165) is 6.54 Å². The monoisotopic (exact) mass is 292 g/mol. The van der Waals surface area contributed by atoms with Crippen molar-refractivity contribution in [2.45, 2.75) is 51.2 Å². The number of likely N-dealkylation sites (N-methyl/N-ethyl adjacent to an activating group) is 1. The van der Waals surface area contributed by atoms with E-state index < -0.39 is 11.0 Å². The van der Waals surface area contributed by atoms with Crippen molar-refractivity contribution in [3.8, 4) is 0 Å². The molecule has 0 aliphatic heterocycles. The molecule has 1 unspecified atom stereocenters. The maximum atomic E-state index is 10.8. The van der Waals surface area contributed by atoms with Crippen molar-refractivity contribution in [3.05, 3.63) is 39.9 Å². The topological polar surface area (TPSA) is 66.6 Å². The van der Waals surface area contributed by atoms with Gasteiger partial charge < -0.3 is 5.11 Å². The van der Waals surface area contributed by atoms with Crippen molar-refractivity contribution in [1.29, 1.82) is 0 Å². The summed E-state index contributed by atoms with van der Waals surface area (Å²) in [6, 6.07) is 6.85. The Labute approximate surface area is 125 Å². The lowest BCUT2D eigenvalue weighted by Crippen LogP contribution is -2.39. The highest BCUT2D eigenvalue weighted by Gasteiger charge is 2.23. The summed E-state index contributed by atoms with van der Waals surface area (Å²) < 4.78 is 0. The Morgan fingerprint density at radius 3 is 2.71 bits per heavy atom. The van der Waals surface area contributed by atoms with E-state index in [-0.39, 0.29) is 5.69 Å². The Hall–Kier alpha value is -1.46. The van der Waals surface area contributed by atoms with Gasteiger partial charge in [0.25, 0.3) is 5.69 Å². The molecule has 5 heteroatoms. The van der Waals surface area contributed by atoms with Crippen LogP contribution in [-0.4, -0.2) is 34.1 Å². The maximum Gasteiger partial charge on any atom is 0.269 e. The lowest BCUT2D eigenvalue weighted by molar-refractivity contribution is -0.385. The minimum atomic E-state index is -0.674. The van der Waals surface area contributed by atoms with Crippen LogP contribution in [-0.2, 0) is 0 Å². The zero-order valence-electron chi connectivity index (χ0n) is 12.6. The minimum absolute atomic E-state index is 0.0345. The molecule has 0 spiro atoms. The average Bonchev–Trinajstić information content (AvgIpc) is 2.53. The van der Waals surface area contributed by atoms with Gasteiger partial charge in [-0.2, -0.15) is 0 Å². The predicted molar refractivity (Wildman–Crippen MR) is 82.2 cm³/mol. The van der Waals surface area contributed by atoms with Gasteiger partial charge in [-0.25, -0.2) is 0 Å². The molecule has 0 bridgehead atoms. The molecule has 1 N–H and O–H groups in total. The molecule has 21 heavy (non-hydrogen) atoms. The molecule has 116 valence electrons. The van der Waals surface area contributed by atoms with Gasteiger partial charge in [-0.15, -0.1) is 0 Å². The van der Waals surface area contributed by atoms with E-state index in [1.807, 2.05) is 0 Å². The van der Waals surface area contributed by atoms with Gasteiger partial charge in [0.2, 0.25) is 0 Å². The van der Waals surface area contributed by atoms with Crippen molar-refractivity contribution < 1.29 is 10.0 Å². The van der Waals surface area contributed by atoms with Crippen LogP contribution < -0.4 is 0 Å². The third kappa shape index (κ3) is 4.25. The van der Waals surface area contributed by atoms with Crippen LogP contribution in [0.4, 0.5) is 5.69 Å². The average molecular weight is 292 g/mol. The van der Waals surface area contributed by atoms with Crippen LogP contribution >= 0.6 is 0 Å². The van der Waals surface area contributed by atoms with Crippen LogP contribution in [0.1, 0.15) is 50.7 Å². The molecular formula is C16H24N2O3. The molecule has 1 atom stereocenters. The number of nitrogens with zero attached hydrogens (tertiary/aromatic N) is 2. The first kappa shape index (κ1) is 15.9. The lowest BCUT2D eigenvalue weighted by Gasteiger charge is -2.34. The molecule has 1 aliphatic rings. The van der Waals surface area contributed by atoms with Crippen molar-refractivity contribution in [1.82, 2.24) is 4.90 Å². The van der Waals surface area contributed by atoms with Gasteiger partial charge in [-0.05, 0) is 24.9 Å². The molecule has 0 aromatic heterocycles. The number of rotatable bonds is 6. The Morgan fingerprint density at radius 1 is 1.38 bits per heavy atom. The molecule has 0 saturated heterocycles. The Kier molecular flexibility index (Phi) is 5.70. The fourth-order valence-corrected chi connectivity index (χ4v) is 3.16. The van der Waals surface area contributed by atoms with Crippen molar-refractivity contribution >= 4 is 5.69 Å². The summed E-state index contributed by atoms with van der Waals surface area (Å²) in [4.78, 5) is 12.7. The molecule has 0 radical (unpaired) electrons. The van der Waals surface area contributed by atoms with Crippen LogP contribution in [0.5, 0.6) is 0 Å². The molecule has 0 heterocycles. The summed E-state index contributed by atoms with van der Waals surface area (Å²) in [6.07, 6.45) is 5.53. The maximum absolute atomic E-state index is 10.8. The summed E-state index contributed by atoms with van der Waals surface area (Å²) in [7, 11) is 0. The first-order valence-corrected chi connectivity index (χ1v) is 7.78. The van der Waals surface area contributed by atoms with Crippen LogP contribution in [0.3, 0.4) is 0 Å². The number of aliphatic hydroxyl groups excluding tert-OH is 1. The van der Waals surface area contributed by atoms with E-state index in [1.165, 1.54) is 44.2 Å². The van der Waals surface area contributed by atoms with Gasteiger partial charge in [-0.3, -0.25) is 15.0 Å². The standard InChI is InChI=1S/C16H24N2O3/c1-2-17(14-8-4-3-5-9-14)12-16(19)13-7-6-10-15(11-13)18(20)21/h6-7,10-11,14,16,19H,2-5,8-9,12H2,1H3. The largest absolute Gasteiger partial charge is 0.387 e. The third-order valence-corrected chi connectivity index (χ3v) is 4.37. The van der Waals surface area contributed by atoms with Gasteiger partial charge >= 0.3 is 0 Å². The van der Waals surface area contributed by atoms with E-state index >= 15 is 0 Å². The lowest BCUT2D eigenvalue weighted by atomic mass is 9.93. The first-order valence-electron chi connectivity index (χ1n) is 7.78. The van der Waals surface area contributed by atoms with Gasteiger partial charge in [-0.1, -0.05) is 38.3 Å². The number of nitro benzene ring substituents is 1. The third-order valence-electron chi connectivity index (χ3n) is 4.37. The molecule has 1 aromatic rings. The molecule has 1 aromatic carbocycles. The van der Waals surface area contributed by atoms with Crippen LogP contribution in [0.15, 0.2) is 24.3 Å². The van der Waals surface area contributed by atoms with E-state index in [1.54, 1.807) is 12.1 Å². The SMILES string of the molecule is CCN(CC(O)c1cccc([N+](=O)[O-])c1)C1CCCCC1. The second-order valence-electron chi connectivity index (χ2n) is 5.75. The van der Waals surface area contributed by atoms with Crippen LogP contribution in [0, 0.1) is 10.1 Å². The summed E-state index contributed by atoms with van der Waals surface area (Å²) >= 11 is 0. The van der Waals surface area contributed by atoms with E-state index in [2.05, 4.69) is 11.8 Å². The van der Waals surface area contributed by atoms with Gasteiger partial charge in [0.05, 0.1) is 11.0 Å². The summed E-state index contributed by atoms with van der Waals surface area (Å²) in [5, 5.41) is 21.2. The molecule has 1 saturated carbocycles. The predicted octanol–water partition coefficient (Wildman–Crippen LogP) is 3.28. The number of nitro groups is 1. The normalized spacial score (nSPS) is 17.9. The number of hydrogen-bond donors (Lipinski definition) is 1. The highest BCUT2D eigenvalue weighted by atomic mass is 16.6. The summed E-state index contributed by atoms with van der Waals surface area (Å²) in [5.41, 5.74) is 0.658. The highest BCUT2D eigenvalue weighted by molar-refractivity contribution is 5.35. The zero-order chi connectivity index (χ0) is 15.2. The smallest absolute Gasteiger partial charge is 0.269 e. The number of aliphatic hydroxyl groups is 1.